The fourth-order valence-corrected chi connectivity index (χ4v) is 3.93. The van der Waals surface area contributed by atoms with Crippen molar-refractivity contribution in [2.75, 3.05) is 25.4 Å². The molecule has 0 spiro atoms. The summed E-state index contributed by atoms with van der Waals surface area (Å²) in [5.74, 6) is -0.741. The molecule has 1 aliphatic heterocycles. The van der Waals surface area contributed by atoms with Gasteiger partial charge in [-0.15, -0.1) is 0 Å². The minimum Gasteiger partial charge on any atom is -0.370 e. The first kappa shape index (κ1) is 21.2. The van der Waals surface area contributed by atoms with E-state index in [9.17, 15) is 13.2 Å². The van der Waals surface area contributed by atoms with Gasteiger partial charge in [0.2, 0.25) is 0 Å². The Balaban J connectivity index is 2.00. The lowest BCUT2D eigenvalue weighted by molar-refractivity contribution is 0.0936. The van der Waals surface area contributed by atoms with Crippen LogP contribution in [0.5, 0.6) is 0 Å². The summed E-state index contributed by atoms with van der Waals surface area (Å²) in [6, 6.07) is 1.29. The summed E-state index contributed by atoms with van der Waals surface area (Å²) in [6.07, 6.45) is 0.557. The summed E-state index contributed by atoms with van der Waals surface area (Å²) in [6.45, 7) is 0.845. The van der Waals surface area contributed by atoms with Crippen molar-refractivity contribution in [1.29, 1.82) is 0 Å². The van der Waals surface area contributed by atoms with Crippen LogP contribution >= 0.6 is 31.9 Å². The van der Waals surface area contributed by atoms with E-state index in [-0.39, 0.29) is 37.0 Å². The van der Waals surface area contributed by atoms with Gasteiger partial charge in [-0.25, -0.2) is 4.99 Å². The number of carbonyl (C=O) groups excluding carboxylic acids is 1. The number of carbonyl (C=O) groups is 1. The lowest BCUT2D eigenvalue weighted by atomic mass is 10.1. The molecular formula is C13H20Br2N6O4S. The molecule has 0 aliphatic carbocycles. The summed E-state index contributed by atoms with van der Waals surface area (Å²) in [5, 5.41) is 2.81. The third kappa shape index (κ3) is 6.23. The highest BCUT2D eigenvalue weighted by Crippen LogP contribution is 2.23. The molecule has 0 radical (unpaired) electrons. The summed E-state index contributed by atoms with van der Waals surface area (Å²) < 4.78 is 32.4. The smallest absolute Gasteiger partial charge is 0.267 e. The molecule has 1 aromatic rings. The Kier molecular flexibility index (Phi) is 7.07. The molecule has 2 heterocycles. The third-order valence-electron chi connectivity index (χ3n) is 3.94. The molecule has 146 valence electrons. The molecule has 2 atom stereocenters. The molecule has 13 heteroatoms. The maximum Gasteiger partial charge on any atom is 0.267 e. The lowest BCUT2D eigenvalue weighted by Crippen LogP contribution is -2.42. The van der Waals surface area contributed by atoms with Gasteiger partial charge in [0.25, 0.3) is 16.0 Å². The lowest BCUT2D eigenvalue weighted by Gasteiger charge is -2.23. The SMILES string of the molecule is NC(N)=N[C@H]1C[C@H](CNC(=O)c2cc(Br)c(Br)[nH]2)N(CCS(=O)(=O)O)C1. The van der Waals surface area contributed by atoms with Gasteiger partial charge in [-0.1, -0.05) is 0 Å². The van der Waals surface area contributed by atoms with E-state index < -0.39 is 15.9 Å². The minimum atomic E-state index is -4.08. The van der Waals surface area contributed by atoms with Crippen LogP contribution in [0.15, 0.2) is 20.1 Å². The molecule has 0 saturated carbocycles. The van der Waals surface area contributed by atoms with Crippen molar-refractivity contribution in [2.24, 2.45) is 16.5 Å². The number of aliphatic imine (C=N–C) groups is 1. The van der Waals surface area contributed by atoms with Gasteiger partial charge in [-0.05, 0) is 44.3 Å². The number of hydrogen-bond donors (Lipinski definition) is 5. The number of hydrogen-bond acceptors (Lipinski definition) is 5. The van der Waals surface area contributed by atoms with Gasteiger partial charge in [-0.3, -0.25) is 14.2 Å². The van der Waals surface area contributed by atoms with E-state index in [1.165, 1.54) is 0 Å². The molecule has 1 aromatic heterocycles. The zero-order chi connectivity index (χ0) is 19.5. The second-order valence-corrected chi connectivity index (χ2v) is 9.15. The van der Waals surface area contributed by atoms with E-state index in [0.717, 1.165) is 4.47 Å². The largest absolute Gasteiger partial charge is 0.370 e. The number of aromatic amines is 1. The fraction of sp³-hybridized carbons (Fsp3) is 0.538. The Labute approximate surface area is 167 Å². The summed E-state index contributed by atoms with van der Waals surface area (Å²) in [5.41, 5.74) is 11.2. The molecule has 1 saturated heterocycles. The van der Waals surface area contributed by atoms with E-state index in [2.05, 4.69) is 47.2 Å². The van der Waals surface area contributed by atoms with Crippen LogP contribution in [0.4, 0.5) is 0 Å². The van der Waals surface area contributed by atoms with Crippen LogP contribution in [0, 0.1) is 0 Å². The second-order valence-electron chi connectivity index (χ2n) is 5.93. The van der Waals surface area contributed by atoms with Gasteiger partial charge >= 0.3 is 0 Å². The number of nitrogens with zero attached hydrogens (tertiary/aromatic N) is 2. The highest BCUT2D eigenvalue weighted by atomic mass is 79.9. The molecule has 1 aliphatic rings. The molecule has 2 rings (SSSR count). The van der Waals surface area contributed by atoms with Crippen LogP contribution in [-0.4, -0.2) is 72.2 Å². The molecule has 1 amide bonds. The molecule has 0 unspecified atom stereocenters. The predicted molar refractivity (Wildman–Crippen MR) is 105 cm³/mol. The maximum atomic E-state index is 12.2. The molecule has 1 fully saturated rings. The summed E-state index contributed by atoms with van der Waals surface area (Å²) in [4.78, 5) is 21.1. The van der Waals surface area contributed by atoms with Crippen LogP contribution in [0.3, 0.4) is 0 Å². The number of halogens is 2. The Bertz CT molecular complexity index is 773. The topological polar surface area (TPSA) is 167 Å². The van der Waals surface area contributed by atoms with Gasteiger partial charge in [0.1, 0.15) is 5.69 Å². The highest BCUT2D eigenvalue weighted by Gasteiger charge is 2.32. The number of nitrogens with two attached hydrogens (primary N) is 2. The number of nitrogens with one attached hydrogen (secondary N) is 2. The first-order chi connectivity index (χ1) is 12.0. The quantitative estimate of drug-likeness (QED) is 0.191. The molecule has 7 N–H and O–H groups in total. The normalized spacial score (nSPS) is 20.9. The second kappa shape index (κ2) is 8.69. The van der Waals surface area contributed by atoms with Gasteiger partial charge in [0, 0.05) is 25.7 Å². The van der Waals surface area contributed by atoms with E-state index >= 15 is 0 Å². The number of rotatable bonds is 7. The van der Waals surface area contributed by atoms with E-state index in [1.807, 2.05) is 4.90 Å². The Morgan fingerprint density at radius 1 is 1.46 bits per heavy atom. The standard InChI is InChI=1S/C13H20Br2N6O4S/c14-9-4-10(20-11(9)15)12(22)18-5-8-3-7(19-13(16)17)6-21(8)1-2-26(23,24)25/h4,7-8,20H,1-3,5-6H2,(H,18,22)(H4,16,17,19)(H,23,24,25)/t7-,8+/m0/s1. The molecule has 0 bridgehead atoms. The number of H-pyrrole nitrogens is 1. The average Bonchev–Trinajstić information content (AvgIpc) is 3.05. The van der Waals surface area contributed by atoms with Crippen LogP contribution in [0.1, 0.15) is 16.9 Å². The van der Waals surface area contributed by atoms with Crippen molar-refractivity contribution >= 4 is 53.8 Å². The average molecular weight is 516 g/mol. The van der Waals surface area contributed by atoms with Crippen LogP contribution in [0.2, 0.25) is 0 Å². The number of aromatic nitrogens is 1. The number of likely N-dealkylation sites (tertiary alicyclic amines) is 1. The van der Waals surface area contributed by atoms with E-state index in [0.29, 0.717) is 23.3 Å². The maximum absolute atomic E-state index is 12.2. The predicted octanol–water partition coefficient (Wildman–Crippen LogP) is -0.126. The van der Waals surface area contributed by atoms with Crippen molar-refractivity contribution in [3.63, 3.8) is 0 Å². The van der Waals surface area contributed by atoms with Gasteiger partial charge < -0.3 is 21.8 Å². The van der Waals surface area contributed by atoms with Crippen molar-refractivity contribution < 1.29 is 17.8 Å². The number of amides is 1. The monoisotopic (exact) mass is 514 g/mol. The molecule has 0 aromatic carbocycles. The van der Waals surface area contributed by atoms with Gasteiger partial charge in [-0.2, -0.15) is 8.42 Å². The molecular weight excluding hydrogens is 496 g/mol. The highest BCUT2D eigenvalue weighted by molar-refractivity contribution is 9.13. The van der Waals surface area contributed by atoms with Gasteiger partial charge in [0.05, 0.1) is 20.9 Å². The number of guanidine groups is 1. The summed E-state index contributed by atoms with van der Waals surface area (Å²) >= 11 is 6.57. The van der Waals surface area contributed by atoms with Crippen molar-refractivity contribution in [1.82, 2.24) is 15.2 Å². The van der Waals surface area contributed by atoms with Crippen molar-refractivity contribution in [3.05, 3.63) is 20.8 Å². The molecule has 26 heavy (non-hydrogen) atoms. The zero-order valence-electron chi connectivity index (χ0n) is 13.7. The van der Waals surface area contributed by atoms with Crippen molar-refractivity contribution in [3.8, 4) is 0 Å². The first-order valence-corrected chi connectivity index (χ1v) is 10.8. The Morgan fingerprint density at radius 2 is 2.15 bits per heavy atom. The van der Waals surface area contributed by atoms with E-state index in [4.69, 9.17) is 16.0 Å². The van der Waals surface area contributed by atoms with Crippen LogP contribution in [-0.2, 0) is 10.1 Å². The minimum absolute atomic E-state index is 0.0458. The van der Waals surface area contributed by atoms with E-state index in [1.54, 1.807) is 6.07 Å². The Hall–Kier alpha value is -1.15. The van der Waals surface area contributed by atoms with Crippen LogP contribution in [0.25, 0.3) is 0 Å². The zero-order valence-corrected chi connectivity index (χ0v) is 17.6. The Morgan fingerprint density at radius 3 is 2.69 bits per heavy atom. The van der Waals surface area contributed by atoms with Crippen molar-refractivity contribution in [2.45, 2.75) is 18.5 Å². The van der Waals surface area contributed by atoms with Gasteiger partial charge in [0.15, 0.2) is 5.96 Å². The molecule has 10 nitrogen and oxygen atoms in total. The van der Waals surface area contributed by atoms with Crippen LogP contribution < -0.4 is 16.8 Å². The summed E-state index contributed by atoms with van der Waals surface area (Å²) in [7, 11) is -4.08. The fourth-order valence-electron chi connectivity index (χ4n) is 2.81. The first-order valence-electron chi connectivity index (χ1n) is 7.65. The third-order valence-corrected chi connectivity index (χ3v) is 6.42.